The highest BCUT2D eigenvalue weighted by Gasteiger charge is 2.19. The highest BCUT2D eigenvalue weighted by molar-refractivity contribution is 6.10. The summed E-state index contributed by atoms with van der Waals surface area (Å²) in [6.45, 7) is 0. The Morgan fingerprint density at radius 2 is 0.489 bits per heavy atom. The van der Waals surface area contributed by atoms with E-state index in [1.54, 1.807) is 0 Å². The maximum Gasteiger partial charge on any atom is 0.160 e. The van der Waals surface area contributed by atoms with Gasteiger partial charge >= 0.3 is 0 Å². The van der Waals surface area contributed by atoms with Crippen molar-refractivity contribution in [2.24, 2.45) is 0 Å². The summed E-state index contributed by atoms with van der Waals surface area (Å²) in [5.74, 6) is 1.27. The molecule has 0 amide bonds. The lowest BCUT2D eigenvalue weighted by Crippen LogP contribution is -1.97. The van der Waals surface area contributed by atoms with Gasteiger partial charge in [-0.15, -0.1) is 0 Å². The highest BCUT2D eigenvalue weighted by Crippen LogP contribution is 2.39. The Hall–Kier alpha value is -12.8. The number of nitrogens with zero attached hydrogens (tertiary/aromatic N) is 8. The smallest absolute Gasteiger partial charge is 0.160 e. The van der Waals surface area contributed by atoms with Crippen molar-refractivity contribution in [3.05, 3.63) is 328 Å². The van der Waals surface area contributed by atoms with Crippen LogP contribution in [0.2, 0.25) is 0 Å². The van der Waals surface area contributed by atoms with Crippen molar-refractivity contribution in [1.82, 2.24) is 39.0 Å². The Morgan fingerprint density at radius 1 is 0.213 bits per heavy atom. The van der Waals surface area contributed by atoms with E-state index < -0.39 is 0 Å². The predicted molar refractivity (Wildman–Crippen MR) is 386 cm³/mol. The van der Waals surface area contributed by atoms with Crippen LogP contribution in [-0.4, -0.2) is 39.0 Å². The fraction of sp³-hybridized carbons (Fsp3) is 0. The van der Waals surface area contributed by atoms with Gasteiger partial charge in [0.25, 0.3) is 0 Å². The first-order chi connectivity index (χ1) is 46.6. The lowest BCUT2D eigenvalue weighted by molar-refractivity contribution is 1.17. The Kier molecular flexibility index (Phi) is 13.0. The summed E-state index contributed by atoms with van der Waals surface area (Å²) in [6.07, 6.45) is 3.71. The molecule has 0 aliphatic heterocycles. The topological polar surface area (TPSA) is 87.2 Å². The van der Waals surface area contributed by atoms with Gasteiger partial charge in [-0.05, 0) is 95.1 Å². The number of benzene rings is 12. The summed E-state index contributed by atoms with van der Waals surface area (Å²) in [5, 5.41) is 7.13. The first-order valence-electron chi connectivity index (χ1n) is 31.6. The van der Waals surface area contributed by atoms with E-state index in [0.29, 0.717) is 11.6 Å². The molecule has 6 aromatic heterocycles. The van der Waals surface area contributed by atoms with Gasteiger partial charge in [-0.25, -0.2) is 19.9 Å². The number of fused-ring (bicyclic) bond motifs is 8. The normalized spacial score (nSPS) is 11.6. The zero-order valence-electron chi connectivity index (χ0n) is 50.8. The van der Waals surface area contributed by atoms with Crippen LogP contribution in [0.15, 0.2) is 328 Å². The second-order valence-corrected chi connectivity index (χ2v) is 23.8. The van der Waals surface area contributed by atoms with Crippen LogP contribution in [0.3, 0.4) is 0 Å². The number of para-hydroxylation sites is 6. The third-order valence-electron chi connectivity index (χ3n) is 18.3. The predicted octanol–water partition coefficient (Wildman–Crippen LogP) is 21.6. The number of hydrogen-bond donors (Lipinski definition) is 0. The molecule has 8 heteroatoms. The number of aromatic nitrogens is 8. The maximum atomic E-state index is 5.32. The van der Waals surface area contributed by atoms with E-state index in [0.717, 1.165) is 123 Å². The van der Waals surface area contributed by atoms with Crippen LogP contribution in [0.5, 0.6) is 0 Å². The third kappa shape index (κ3) is 9.56. The molecule has 18 rings (SSSR count). The molecule has 12 aromatic carbocycles. The molecule has 0 unspecified atom stereocenters. The van der Waals surface area contributed by atoms with Crippen molar-refractivity contribution >= 4 is 65.4 Å². The molecular formula is C86H54N8. The summed E-state index contributed by atoms with van der Waals surface area (Å²) < 4.78 is 4.69. The number of rotatable bonds is 11. The van der Waals surface area contributed by atoms with Crippen LogP contribution in [0.25, 0.3) is 178 Å². The molecule has 0 aliphatic carbocycles. The molecule has 0 spiro atoms. The summed E-state index contributed by atoms with van der Waals surface area (Å²) in [5.41, 5.74) is 24.4. The number of pyridine rings is 2. The molecule has 0 aliphatic rings. The zero-order valence-corrected chi connectivity index (χ0v) is 50.8. The Morgan fingerprint density at radius 3 is 0.830 bits per heavy atom. The van der Waals surface area contributed by atoms with Crippen LogP contribution in [-0.2, 0) is 0 Å². The van der Waals surface area contributed by atoms with Gasteiger partial charge in [0.05, 0.1) is 55.9 Å². The van der Waals surface area contributed by atoms with E-state index in [9.17, 15) is 0 Å². The summed E-state index contributed by atoms with van der Waals surface area (Å²) in [6, 6.07) is 111. The molecular weight excluding hydrogens is 1150 g/mol. The minimum Gasteiger partial charge on any atom is -0.309 e. The molecule has 94 heavy (non-hydrogen) atoms. The Labute approximate surface area is 541 Å². The van der Waals surface area contributed by atoms with Crippen molar-refractivity contribution < 1.29 is 0 Å². The van der Waals surface area contributed by atoms with Gasteiger partial charge in [0.1, 0.15) is 0 Å². The third-order valence-corrected chi connectivity index (χ3v) is 18.3. The summed E-state index contributed by atoms with van der Waals surface area (Å²) in [7, 11) is 0. The monoisotopic (exact) mass is 1200 g/mol. The minimum atomic E-state index is 0.637. The molecule has 6 heterocycles. The van der Waals surface area contributed by atoms with Gasteiger partial charge in [-0.2, -0.15) is 0 Å². The Balaban J connectivity index is 0.683. The van der Waals surface area contributed by atoms with Gasteiger partial charge in [0, 0.05) is 101 Å². The van der Waals surface area contributed by atoms with Crippen molar-refractivity contribution in [3.63, 3.8) is 0 Å². The van der Waals surface area contributed by atoms with E-state index >= 15 is 0 Å². The largest absolute Gasteiger partial charge is 0.309 e. The van der Waals surface area contributed by atoms with Gasteiger partial charge < -0.3 is 9.13 Å². The van der Waals surface area contributed by atoms with E-state index in [4.69, 9.17) is 29.9 Å². The average molecular weight is 1200 g/mol. The van der Waals surface area contributed by atoms with Gasteiger partial charge in [0.15, 0.2) is 11.6 Å². The molecule has 0 N–H and O–H groups in total. The molecule has 0 fully saturated rings. The SMILES string of the molecule is c1cnc2c(-c3ccc(-c4cc(-c5ccc(-n6c7ccccc7c7ccccc76)cc5)nc(-c5ccc(-c6ccc(-c7nc(-c8ccc(-c9cccc%10cccnc9%10)cc8)cc(-c8ccc(-n9c%10ccccc%10c%10ccccc%109)cc8)n7)cc6)cc5)n4)cc3)cccc2c1. The molecule has 0 saturated heterocycles. The van der Waals surface area contributed by atoms with Gasteiger partial charge in [0.2, 0.25) is 0 Å². The highest BCUT2D eigenvalue weighted by atomic mass is 15.0. The zero-order chi connectivity index (χ0) is 62.1. The minimum absolute atomic E-state index is 0.637. The fourth-order valence-corrected chi connectivity index (χ4v) is 13.6. The van der Waals surface area contributed by atoms with E-state index in [-0.39, 0.29) is 0 Å². The van der Waals surface area contributed by atoms with E-state index in [2.05, 4.69) is 312 Å². The van der Waals surface area contributed by atoms with Crippen LogP contribution >= 0.6 is 0 Å². The van der Waals surface area contributed by atoms with Crippen LogP contribution in [0.4, 0.5) is 0 Å². The van der Waals surface area contributed by atoms with Crippen molar-refractivity contribution in [2.45, 2.75) is 0 Å². The van der Waals surface area contributed by atoms with Crippen molar-refractivity contribution in [2.75, 3.05) is 0 Å². The number of hydrogen-bond acceptors (Lipinski definition) is 6. The molecule has 8 nitrogen and oxygen atoms in total. The molecule has 0 atom stereocenters. The van der Waals surface area contributed by atoms with Crippen LogP contribution in [0.1, 0.15) is 0 Å². The first-order valence-corrected chi connectivity index (χ1v) is 31.6. The van der Waals surface area contributed by atoms with Crippen LogP contribution < -0.4 is 0 Å². The first kappa shape index (κ1) is 54.2. The van der Waals surface area contributed by atoms with Crippen molar-refractivity contribution in [1.29, 1.82) is 0 Å². The molecule has 0 radical (unpaired) electrons. The summed E-state index contributed by atoms with van der Waals surface area (Å²) in [4.78, 5) is 30.8. The fourth-order valence-electron chi connectivity index (χ4n) is 13.6. The van der Waals surface area contributed by atoms with Gasteiger partial charge in [-0.1, -0.05) is 243 Å². The molecule has 438 valence electrons. The van der Waals surface area contributed by atoms with E-state index in [1.807, 2.05) is 24.5 Å². The van der Waals surface area contributed by atoms with Crippen LogP contribution in [0, 0.1) is 0 Å². The van der Waals surface area contributed by atoms with Crippen molar-refractivity contribution in [3.8, 4) is 113 Å². The van der Waals surface area contributed by atoms with Gasteiger partial charge in [-0.3, -0.25) is 9.97 Å². The quantitative estimate of drug-likeness (QED) is 0.128. The molecule has 0 saturated carbocycles. The molecule has 18 aromatic rings. The Bertz CT molecular complexity index is 5450. The maximum absolute atomic E-state index is 5.32. The second-order valence-electron chi connectivity index (χ2n) is 23.8. The molecule has 0 bridgehead atoms. The van der Waals surface area contributed by atoms with E-state index in [1.165, 1.54) is 43.6 Å². The standard InChI is InChI=1S/C86H54N8/c1-5-23-79-71(17-1)72-18-2-6-24-80(72)93(79)67-47-43-61(44-48-67)77-53-75(59-35-31-57(32-36-59)69-21-9-13-63-15-11-51-87-83(63)69)89-85(91-77)65-39-27-55(28-40-65)56-29-41-66(42-30-56)86-90-76(60-37-33-58(34-38-60)70-22-10-14-64-16-12-52-88-84(64)70)54-78(92-86)62-45-49-68(50-46-62)94-81-25-7-3-19-73(81)74-20-4-8-26-82(74)94/h1-54H. The average Bonchev–Trinajstić information content (AvgIpc) is 1.62. The lowest BCUT2D eigenvalue weighted by atomic mass is 9.99. The summed E-state index contributed by atoms with van der Waals surface area (Å²) >= 11 is 0. The second kappa shape index (κ2) is 22.6. The lowest BCUT2D eigenvalue weighted by Gasteiger charge is -2.13.